The predicted octanol–water partition coefficient (Wildman–Crippen LogP) is 4.67. The second-order valence-corrected chi connectivity index (χ2v) is 9.18. The monoisotopic (exact) mass is 451 g/mol. The molecule has 2 aromatic rings. The van der Waals surface area contributed by atoms with Crippen LogP contribution >= 0.6 is 11.6 Å². The summed E-state index contributed by atoms with van der Waals surface area (Å²) in [4.78, 5) is 12.6. The third-order valence-corrected chi connectivity index (χ3v) is 6.24. The lowest BCUT2D eigenvalue weighted by Crippen LogP contribution is -2.22. The van der Waals surface area contributed by atoms with Gasteiger partial charge in [0.15, 0.2) is 17.3 Å². The van der Waals surface area contributed by atoms with E-state index in [1.165, 1.54) is 44.4 Å². The number of carbonyl (C=O) groups excluding carboxylic acids is 1. The number of carbonyl (C=O) groups is 1. The van der Waals surface area contributed by atoms with Crippen molar-refractivity contribution < 1.29 is 22.7 Å². The Morgan fingerprint density at radius 2 is 1.77 bits per heavy atom. The molecule has 0 bridgehead atoms. The molecule has 0 heterocycles. The van der Waals surface area contributed by atoms with Gasteiger partial charge in [0.05, 0.1) is 23.1 Å². The zero-order valence-electron chi connectivity index (χ0n) is 17.5. The molecule has 0 saturated carbocycles. The first-order valence-electron chi connectivity index (χ1n) is 9.54. The van der Waals surface area contributed by atoms with Crippen LogP contribution in [0.15, 0.2) is 47.4 Å². The highest BCUT2D eigenvalue weighted by molar-refractivity contribution is 7.89. The van der Waals surface area contributed by atoms with Crippen molar-refractivity contribution in [3.05, 3.63) is 58.6 Å². The van der Waals surface area contributed by atoms with Crippen molar-refractivity contribution in [2.45, 2.75) is 25.2 Å². The molecule has 0 fully saturated rings. The molecular formula is C22H26ClNO5S. The van der Waals surface area contributed by atoms with Crippen LogP contribution in [0.2, 0.25) is 5.02 Å². The Hall–Kier alpha value is -2.35. The third kappa shape index (κ3) is 5.84. The molecule has 2 aromatic carbocycles. The van der Waals surface area contributed by atoms with Gasteiger partial charge in [0, 0.05) is 19.7 Å². The number of nitrogens with zero attached hydrogens (tertiary/aromatic N) is 1. The summed E-state index contributed by atoms with van der Waals surface area (Å²) in [6, 6.07) is 9.27. The van der Waals surface area contributed by atoms with Gasteiger partial charge in [-0.3, -0.25) is 4.79 Å². The van der Waals surface area contributed by atoms with Crippen LogP contribution in [0.4, 0.5) is 0 Å². The second kappa shape index (κ2) is 10.6. The number of rotatable bonds is 10. The normalized spacial score (nSPS) is 11.8. The Bertz CT molecular complexity index is 1010. The zero-order valence-corrected chi connectivity index (χ0v) is 19.1. The van der Waals surface area contributed by atoms with Crippen molar-refractivity contribution in [1.29, 1.82) is 0 Å². The number of hydrogen-bond acceptors (Lipinski definition) is 5. The molecule has 30 heavy (non-hydrogen) atoms. The van der Waals surface area contributed by atoms with Crippen LogP contribution in [0.3, 0.4) is 0 Å². The maximum Gasteiger partial charge on any atom is 0.242 e. The summed E-state index contributed by atoms with van der Waals surface area (Å²) in [5.41, 5.74) is 1.07. The van der Waals surface area contributed by atoms with Gasteiger partial charge >= 0.3 is 0 Å². The van der Waals surface area contributed by atoms with Gasteiger partial charge in [-0.2, -0.15) is 0 Å². The van der Waals surface area contributed by atoms with Crippen LogP contribution in [-0.2, 0) is 10.0 Å². The first-order valence-corrected chi connectivity index (χ1v) is 11.4. The minimum Gasteiger partial charge on any atom is -0.490 e. The number of ketones is 1. The summed E-state index contributed by atoms with van der Waals surface area (Å²) in [5, 5.41) is 0.403. The summed E-state index contributed by atoms with van der Waals surface area (Å²) in [5.74, 6) is 0.745. The average molecular weight is 452 g/mol. The number of sulfonamides is 1. The molecule has 0 N–H and O–H groups in total. The molecule has 0 aliphatic rings. The van der Waals surface area contributed by atoms with Crippen molar-refractivity contribution in [2.75, 3.05) is 27.3 Å². The molecule has 0 amide bonds. The van der Waals surface area contributed by atoms with E-state index in [4.69, 9.17) is 21.1 Å². The lowest BCUT2D eigenvalue weighted by molar-refractivity contribution is 0.104. The number of ether oxygens (including phenoxy) is 2. The van der Waals surface area contributed by atoms with Gasteiger partial charge in [0.25, 0.3) is 0 Å². The zero-order chi connectivity index (χ0) is 22.3. The van der Waals surface area contributed by atoms with Crippen molar-refractivity contribution in [2.24, 2.45) is 0 Å². The third-order valence-electron chi connectivity index (χ3n) is 4.13. The number of benzene rings is 2. The van der Waals surface area contributed by atoms with Crippen molar-refractivity contribution >= 4 is 33.5 Å². The summed E-state index contributed by atoms with van der Waals surface area (Å²) in [6.45, 7) is 4.84. The van der Waals surface area contributed by atoms with E-state index in [1.54, 1.807) is 18.2 Å². The van der Waals surface area contributed by atoms with E-state index in [0.717, 1.165) is 10.7 Å². The van der Waals surface area contributed by atoms with Crippen LogP contribution in [0.1, 0.15) is 36.2 Å². The minimum atomic E-state index is -3.54. The maximum atomic E-state index is 12.5. The number of hydrogen-bond donors (Lipinski definition) is 0. The van der Waals surface area contributed by atoms with Crippen LogP contribution in [-0.4, -0.2) is 45.8 Å². The van der Waals surface area contributed by atoms with Crippen LogP contribution in [0.25, 0.3) is 6.08 Å². The fourth-order valence-corrected chi connectivity index (χ4v) is 3.74. The summed E-state index contributed by atoms with van der Waals surface area (Å²) >= 11 is 6.34. The molecule has 6 nitrogen and oxygen atoms in total. The standard InChI is InChI=1S/C22H26ClNO5S/c1-5-13-29-22-19(23)14-16(15-21(22)28-6-2)7-12-20(25)17-8-10-18(11-9-17)30(26,27)24(3)4/h7-12,14-15H,5-6,13H2,1-4H3/b12-7+. The van der Waals surface area contributed by atoms with Gasteiger partial charge in [-0.15, -0.1) is 0 Å². The maximum absolute atomic E-state index is 12.5. The second-order valence-electron chi connectivity index (χ2n) is 6.62. The Labute approximate surface area is 183 Å². The number of allylic oxidation sites excluding steroid dienone is 1. The van der Waals surface area contributed by atoms with Gasteiger partial charge in [-0.25, -0.2) is 12.7 Å². The van der Waals surface area contributed by atoms with E-state index >= 15 is 0 Å². The van der Waals surface area contributed by atoms with E-state index in [2.05, 4.69) is 0 Å². The van der Waals surface area contributed by atoms with Crippen molar-refractivity contribution in [3.8, 4) is 11.5 Å². The Morgan fingerprint density at radius 1 is 1.10 bits per heavy atom. The van der Waals surface area contributed by atoms with Gasteiger partial charge in [-0.1, -0.05) is 24.6 Å². The minimum absolute atomic E-state index is 0.129. The largest absolute Gasteiger partial charge is 0.490 e. The van der Waals surface area contributed by atoms with Crippen molar-refractivity contribution in [3.63, 3.8) is 0 Å². The highest BCUT2D eigenvalue weighted by Gasteiger charge is 2.17. The lowest BCUT2D eigenvalue weighted by atomic mass is 10.1. The van der Waals surface area contributed by atoms with Crippen LogP contribution in [0, 0.1) is 0 Å². The molecule has 0 spiro atoms. The SMILES string of the molecule is CCCOc1c(Cl)cc(/C=C/C(=O)c2ccc(S(=O)(=O)N(C)C)cc2)cc1OCC. The topological polar surface area (TPSA) is 72.9 Å². The Kier molecular flexibility index (Phi) is 8.46. The van der Waals surface area contributed by atoms with Crippen LogP contribution < -0.4 is 9.47 Å². The molecule has 0 aliphatic carbocycles. The first-order chi connectivity index (χ1) is 14.2. The van der Waals surface area contributed by atoms with E-state index in [-0.39, 0.29) is 10.7 Å². The highest BCUT2D eigenvalue weighted by Crippen LogP contribution is 2.37. The van der Waals surface area contributed by atoms with Gasteiger partial charge in [0.1, 0.15) is 0 Å². The molecule has 8 heteroatoms. The number of halogens is 1. The van der Waals surface area contributed by atoms with E-state index in [0.29, 0.717) is 40.9 Å². The quantitative estimate of drug-likeness (QED) is 0.387. The van der Waals surface area contributed by atoms with Gasteiger partial charge < -0.3 is 9.47 Å². The Morgan fingerprint density at radius 3 is 2.33 bits per heavy atom. The molecule has 0 aromatic heterocycles. The summed E-state index contributed by atoms with van der Waals surface area (Å²) in [7, 11) is -0.626. The molecule has 162 valence electrons. The molecular weight excluding hydrogens is 426 g/mol. The molecule has 0 unspecified atom stereocenters. The average Bonchev–Trinajstić information content (AvgIpc) is 2.71. The highest BCUT2D eigenvalue weighted by atomic mass is 35.5. The molecule has 0 aliphatic heterocycles. The Balaban J connectivity index is 2.23. The van der Waals surface area contributed by atoms with Gasteiger partial charge in [0.2, 0.25) is 10.0 Å². The summed E-state index contributed by atoms with van der Waals surface area (Å²) < 4.78 is 36.7. The molecule has 0 atom stereocenters. The first kappa shape index (κ1) is 23.9. The molecule has 0 radical (unpaired) electrons. The smallest absolute Gasteiger partial charge is 0.242 e. The van der Waals surface area contributed by atoms with E-state index in [9.17, 15) is 13.2 Å². The predicted molar refractivity (Wildman–Crippen MR) is 119 cm³/mol. The molecule has 0 saturated heterocycles. The van der Waals surface area contributed by atoms with Crippen molar-refractivity contribution in [1.82, 2.24) is 4.31 Å². The summed E-state index contributed by atoms with van der Waals surface area (Å²) in [6.07, 6.45) is 3.88. The molecule has 2 rings (SSSR count). The van der Waals surface area contributed by atoms with Crippen LogP contribution in [0.5, 0.6) is 11.5 Å². The van der Waals surface area contributed by atoms with E-state index < -0.39 is 10.0 Å². The fourth-order valence-electron chi connectivity index (χ4n) is 2.56. The van der Waals surface area contributed by atoms with E-state index in [1.807, 2.05) is 13.8 Å². The fraction of sp³-hybridized carbons (Fsp3) is 0.318. The van der Waals surface area contributed by atoms with Gasteiger partial charge in [-0.05, 0) is 61.4 Å². The lowest BCUT2D eigenvalue weighted by Gasteiger charge is -2.14.